The first kappa shape index (κ1) is 61.7. The molecule has 0 heterocycles. The molecule has 0 atom stereocenters. The van der Waals surface area contributed by atoms with Crippen molar-refractivity contribution >= 4 is 15.6 Å². The van der Waals surface area contributed by atoms with E-state index < -0.39 is 15.6 Å². The maximum absolute atomic E-state index is 8.55. The van der Waals surface area contributed by atoms with E-state index >= 15 is 0 Å². The predicted molar refractivity (Wildman–Crippen MR) is 29.7 cm³/mol. The van der Waals surface area contributed by atoms with Crippen LogP contribution in [0, 0.1) is 0 Å². The van der Waals surface area contributed by atoms with Crippen LogP contribution in [0.1, 0.15) is 0 Å². The van der Waals surface area contributed by atoms with Gasteiger partial charge in [0.1, 0.15) is 0 Å². The Labute approximate surface area is 134 Å². The molecule has 0 aliphatic carbocycles. The molecule has 0 rings (SSSR count). The van der Waals surface area contributed by atoms with Gasteiger partial charge >= 0.3 is 58.4 Å². The summed E-state index contributed by atoms with van der Waals surface area (Å²) in [6.07, 6.45) is 0. The van der Waals surface area contributed by atoms with Crippen LogP contribution in [0.4, 0.5) is 0 Å². The second kappa shape index (κ2) is 26.5. The van der Waals surface area contributed by atoms with Crippen LogP contribution in [0.2, 0.25) is 0 Å². The molecular formula is H8O12P2Zn3. The molecule has 0 aromatic carbocycles. The van der Waals surface area contributed by atoms with Crippen molar-refractivity contribution in [3.05, 3.63) is 0 Å². The summed E-state index contributed by atoms with van der Waals surface area (Å²) in [6, 6.07) is 0. The molecular weight excluding hydrogens is 450 g/mol. The Morgan fingerprint density at radius 2 is 0.471 bits per heavy atom. The van der Waals surface area contributed by atoms with E-state index in [1.165, 1.54) is 0 Å². The zero-order valence-corrected chi connectivity index (χ0v) is 19.0. The minimum absolute atomic E-state index is 0. The van der Waals surface area contributed by atoms with Gasteiger partial charge in [0.2, 0.25) is 0 Å². The van der Waals surface area contributed by atoms with E-state index in [0.717, 1.165) is 0 Å². The van der Waals surface area contributed by atoms with Gasteiger partial charge in [-0.15, -0.1) is 0 Å². The molecule has 8 N–H and O–H groups in total. The van der Waals surface area contributed by atoms with Crippen molar-refractivity contribution in [3.8, 4) is 0 Å². The minimum atomic E-state index is -5.39. The molecule has 0 aliphatic rings. The first-order valence-corrected chi connectivity index (χ1v) is 4.38. The molecule has 12 nitrogen and oxygen atoms in total. The monoisotopic (exact) mass is 454 g/mol. The quantitative estimate of drug-likeness (QED) is 0.247. The Balaban J connectivity index is -0.00000000762. The smallest absolute Gasteiger partial charge is 0.822 e. The molecule has 96 valence electrons. The number of hydrogen-bond donors (Lipinski definition) is 0. The van der Waals surface area contributed by atoms with Crippen molar-refractivity contribution < 1.29 is 119 Å². The van der Waals surface area contributed by atoms with Gasteiger partial charge in [0.25, 0.3) is 0 Å². The SMILES string of the molecule is O.O.O.O.O=P([O-])([O-])[O-].O=P([O-])([O-])[O-].[Zn+2].[Zn+2].[Zn+2]. The molecule has 0 aromatic heterocycles. The summed E-state index contributed by atoms with van der Waals surface area (Å²) < 4.78 is 17.1. The average molecular weight is 458 g/mol. The van der Waals surface area contributed by atoms with Crippen molar-refractivity contribution in [1.82, 2.24) is 0 Å². The van der Waals surface area contributed by atoms with E-state index in [0.29, 0.717) is 0 Å². The van der Waals surface area contributed by atoms with Gasteiger partial charge in [-0.25, -0.2) is 0 Å². The third-order valence-corrected chi connectivity index (χ3v) is 0. The summed E-state index contributed by atoms with van der Waals surface area (Å²) >= 11 is 0. The van der Waals surface area contributed by atoms with E-state index in [1.807, 2.05) is 0 Å². The molecule has 0 radical (unpaired) electrons. The summed E-state index contributed by atoms with van der Waals surface area (Å²) in [6.45, 7) is 0. The van der Waals surface area contributed by atoms with Gasteiger partial charge in [-0.2, -0.15) is 15.6 Å². The largest absolute Gasteiger partial charge is 2.00 e. The van der Waals surface area contributed by atoms with Gasteiger partial charge in [-0.1, -0.05) is 0 Å². The van der Waals surface area contributed by atoms with E-state index in [2.05, 4.69) is 0 Å². The van der Waals surface area contributed by atoms with E-state index in [9.17, 15) is 0 Å². The predicted octanol–water partition coefficient (Wildman–Crippen LogP) is -8.96. The van der Waals surface area contributed by atoms with E-state index in [-0.39, 0.29) is 80.3 Å². The summed E-state index contributed by atoms with van der Waals surface area (Å²) in [5.41, 5.74) is 0. The Hall–Kier alpha value is 1.93. The maximum Gasteiger partial charge on any atom is 2.00 e. The van der Waals surface area contributed by atoms with Crippen molar-refractivity contribution in [3.63, 3.8) is 0 Å². The van der Waals surface area contributed by atoms with Gasteiger partial charge in [-0.05, 0) is 0 Å². The summed E-state index contributed by atoms with van der Waals surface area (Å²) in [5, 5.41) is 0. The van der Waals surface area contributed by atoms with Gasteiger partial charge in [0.05, 0.1) is 0 Å². The zero-order chi connectivity index (χ0) is 9.00. The molecule has 0 saturated carbocycles. The Morgan fingerprint density at radius 3 is 0.471 bits per heavy atom. The Morgan fingerprint density at radius 1 is 0.471 bits per heavy atom. The second-order valence-electron chi connectivity index (χ2n) is 0.894. The van der Waals surface area contributed by atoms with Crippen molar-refractivity contribution in [2.75, 3.05) is 0 Å². The number of rotatable bonds is 0. The first-order chi connectivity index (χ1) is 4.00. The first-order valence-electron chi connectivity index (χ1n) is 1.46. The minimum Gasteiger partial charge on any atom is -0.822 e. The molecule has 0 saturated heterocycles. The molecule has 0 aromatic rings. The molecule has 0 spiro atoms. The number of phosphoric acid groups is 2. The molecule has 0 unspecified atom stereocenters. The summed E-state index contributed by atoms with van der Waals surface area (Å²) in [5.74, 6) is 0. The van der Waals surface area contributed by atoms with Crippen LogP contribution >= 0.6 is 15.6 Å². The van der Waals surface area contributed by atoms with E-state index in [4.69, 9.17) is 38.5 Å². The van der Waals surface area contributed by atoms with Crippen LogP contribution in [-0.2, 0) is 67.6 Å². The normalized spacial score (nSPS) is 6.94. The topological polar surface area (TPSA) is 298 Å². The average Bonchev–Trinajstić information content (AvgIpc) is 1.12. The molecule has 0 fully saturated rings. The fourth-order valence-electron chi connectivity index (χ4n) is 0. The molecule has 0 bridgehead atoms. The van der Waals surface area contributed by atoms with Gasteiger partial charge in [0.15, 0.2) is 0 Å². The van der Waals surface area contributed by atoms with Crippen LogP contribution < -0.4 is 29.4 Å². The van der Waals surface area contributed by atoms with Crippen LogP contribution in [0.15, 0.2) is 0 Å². The molecule has 0 amide bonds. The van der Waals surface area contributed by atoms with Crippen LogP contribution in [0.3, 0.4) is 0 Å². The Kier molecular flexibility index (Phi) is 96.2. The van der Waals surface area contributed by atoms with Crippen LogP contribution in [-0.4, -0.2) is 21.9 Å². The zero-order valence-electron chi connectivity index (χ0n) is 8.28. The standard InChI is InChI=1S/2H3O4P.4H2O.3Zn/c2*1-5(2,3)4;;;;;;;/h2*(H3,1,2,3,4);4*1H2;;;/q;;;;;;3*+2/p-6. The molecule has 0 aliphatic heterocycles. The third-order valence-electron chi connectivity index (χ3n) is 0. The second-order valence-corrected chi connectivity index (χ2v) is 2.68. The fraction of sp³-hybridized carbons (Fsp3) is 0. The molecule has 17 heteroatoms. The summed E-state index contributed by atoms with van der Waals surface area (Å²) in [4.78, 5) is 51.3. The maximum atomic E-state index is 8.55. The van der Waals surface area contributed by atoms with Gasteiger partial charge in [0, 0.05) is 0 Å². The number of hydrogen-bond acceptors (Lipinski definition) is 8. The van der Waals surface area contributed by atoms with Gasteiger partial charge in [-0.3, -0.25) is 0 Å². The van der Waals surface area contributed by atoms with Crippen molar-refractivity contribution in [1.29, 1.82) is 0 Å². The fourth-order valence-corrected chi connectivity index (χ4v) is 0. The Bertz CT molecular complexity index is 132. The van der Waals surface area contributed by atoms with Crippen molar-refractivity contribution in [2.24, 2.45) is 0 Å². The summed E-state index contributed by atoms with van der Waals surface area (Å²) in [7, 11) is -10.8. The molecule has 17 heavy (non-hydrogen) atoms. The third kappa shape index (κ3) is 1220. The van der Waals surface area contributed by atoms with Crippen LogP contribution in [0.5, 0.6) is 0 Å². The van der Waals surface area contributed by atoms with Gasteiger partial charge < -0.3 is 60.4 Å². The van der Waals surface area contributed by atoms with Crippen LogP contribution in [0.25, 0.3) is 0 Å². The van der Waals surface area contributed by atoms with E-state index in [1.54, 1.807) is 0 Å². The van der Waals surface area contributed by atoms with Crippen molar-refractivity contribution in [2.45, 2.75) is 0 Å².